The van der Waals surface area contributed by atoms with Crippen LogP contribution in [0.1, 0.15) is 22.3 Å². The van der Waals surface area contributed by atoms with Gasteiger partial charge in [-0.05, 0) is 42.0 Å². The molecule has 8 heteroatoms. The number of carbonyl (C=O) groups excluding carboxylic acids is 1. The molecule has 1 aliphatic heterocycles. The zero-order valence-electron chi connectivity index (χ0n) is 14.3. The van der Waals surface area contributed by atoms with Crippen molar-refractivity contribution in [3.63, 3.8) is 0 Å². The summed E-state index contributed by atoms with van der Waals surface area (Å²) in [4.78, 5) is 16.2. The normalized spacial score (nSPS) is 13.1. The SMILES string of the molecule is O=C(OCc1cc(Cl)c2c(c1)OCCCO2)c1ccc(-n2cncn2)cc1. The van der Waals surface area contributed by atoms with E-state index in [4.69, 9.17) is 25.8 Å². The number of hydrogen-bond donors (Lipinski definition) is 0. The van der Waals surface area contributed by atoms with Gasteiger partial charge in [0.05, 0.1) is 29.5 Å². The van der Waals surface area contributed by atoms with E-state index in [1.165, 1.54) is 6.33 Å². The highest BCUT2D eigenvalue weighted by molar-refractivity contribution is 6.32. The van der Waals surface area contributed by atoms with E-state index in [0.717, 1.165) is 17.7 Å². The van der Waals surface area contributed by atoms with E-state index in [1.807, 2.05) is 0 Å². The Bertz CT molecular complexity index is 942. The summed E-state index contributed by atoms with van der Waals surface area (Å²) in [5, 5.41) is 4.48. The molecule has 0 N–H and O–H groups in total. The molecule has 2 aromatic carbocycles. The maximum Gasteiger partial charge on any atom is 0.338 e. The summed E-state index contributed by atoms with van der Waals surface area (Å²) < 4.78 is 18.2. The molecule has 0 aliphatic carbocycles. The van der Waals surface area contributed by atoms with Crippen LogP contribution in [0, 0.1) is 0 Å². The van der Waals surface area contributed by atoms with Gasteiger partial charge in [-0.25, -0.2) is 14.5 Å². The van der Waals surface area contributed by atoms with Crippen molar-refractivity contribution in [1.29, 1.82) is 0 Å². The molecule has 138 valence electrons. The second kappa shape index (κ2) is 7.67. The minimum absolute atomic E-state index is 0.0834. The molecule has 0 spiro atoms. The molecule has 0 unspecified atom stereocenters. The molecule has 0 bridgehead atoms. The predicted molar refractivity (Wildman–Crippen MR) is 97.5 cm³/mol. The topological polar surface area (TPSA) is 75.5 Å². The maximum atomic E-state index is 12.3. The summed E-state index contributed by atoms with van der Waals surface area (Å²) in [6.07, 6.45) is 3.82. The quantitative estimate of drug-likeness (QED) is 0.640. The molecule has 7 nitrogen and oxygen atoms in total. The van der Waals surface area contributed by atoms with Crippen LogP contribution in [-0.2, 0) is 11.3 Å². The van der Waals surface area contributed by atoms with E-state index in [1.54, 1.807) is 47.4 Å². The summed E-state index contributed by atoms with van der Waals surface area (Å²) >= 11 is 6.26. The van der Waals surface area contributed by atoms with Crippen LogP contribution in [0.4, 0.5) is 0 Å². The first-order chi connectivity index (χ1) is 13.2. The highest BCUT2D eigenvalue weighted by Gasteiger charge is 2.16. The molecule has 27 heavy (non-hydrogen) atoms. The molecule has 2 heterocycles. The van der Waals surface area contributed by atoms with Crippen LogP contribution in [0.15, 0.2) is 49.1 Å². The Hall–Kier alpha value is -3.06. The van der Waals surface area contributed by atoms with Gasteiger partial charge in [-0.15, -0.1) is 0 Å². The van der Waals surface area contributed by atoms with Gasteiger partial charge < -0.3 is 14.2 Å². The number of rotatable bonds is 4. The van der Waals surface area contributed by atoms with Gasteiger partial charge in [-0.1, -0.05) is 11.6 Å². The van der Waals surface area contributed by atoms with Gasteiger partial charge in [0.15, 0.2) is 11.5 Å². The molecule has 1 aromatic heterocycles. The molecule has 3 aromatic rings. The molecule has 1 aliphatic rings. The Morgan fingerprint density at radius 3 is 2.78 bits per heavy atom. The van der Waals surface area contributed by atoms with Crippen LogP contribution < -0.4 is 9.47 Å². The lowest BCUT2D eigenvalue weighted by Crippen LogP contribution is -2.06. The van der Waals surface area contributed by atoms with Crippen molar-refractivity contribution in [1.82, 2.24) is 14.8 Å². The van der Waals surface area contributed by atoms with Crippen molar-refractivity contribution >= 4 is 17.6 Å². The molecule has 0 atom stereocenters. The molecule has 4 rings (SSSR count). The second-order valence-corrected chi connectivity index (χ2v) is 6.33. The standard InChI is InChI=1S/C19H16ClN3O4/c20-16-8-13(9-17-18(16)26-7-1-6-25-17)10-27-19(24)14-2-4-15(5-3-14)23-12-21-11-22-23/h2-5,8-9,11-12H,1,6-7,10H2. The fourth-order valence-electron chi connectivity index (χ4n) is 2.69. The second-order valence-electron chi connectivity index (χ2n) is 5.92. The van der Waals surface area contributed by atoms with Crippen molar-refractivity contribution in [3.8, 4) is 17.2 Å². The van der Waals surface area contributed by atoms with Crippen LogP contribution in [0.2, 0.25) is 5.02 Å². The lowest BCUT2D eigenvalue weighted by molar-refractivity contribution is 0.0472. The minimum Gasteiger partial charge on any atom is -0.489 e. The first kappa shape index (κ1) is 17.4. The van der Waals surface area contributed by atoms with Gasteiger partial charge in [0.25, 0.3) is 0 Å². The van der Waals surface area contributed by atoms with E-state index in [-0.39, 0.29) is 6.61 Å². The van der Waals surface area contributed by atoms with Crippen LogP contribution in [0.5, 0.6) is 11.5 Å². The number of carbonyl (C=O) groups is 1. The Morgan fingerprint density at radius 2 is 2.00 bits per heavy atom. The summed E-state index contributed by atoms with van der Waals surface area (Å²) in [7, 11) is 0. The van der Waals surface area contributed by atoms with E-state index < -0.39 is 5.97 Å². The van der Waals surface area contributed by atoms with Crippen molar-refractivity contribution in [3.05, 3.63) is 65.2 Å². The van der Waals surface area contributed by atoms with Crippen molar-refractivity contribution < 1.29 is 19.0 Å². The van der Waals surface area contributed by atoms with Gasteiger partial charge in [-0.3, -0.25) is 0 Å². The van der Waals surface area contributed by atoms with Gasteiger partial charge in [-0.2, -0.15) is 5.10 Å². The van der Waals surface area contributed by atoms with Crippen LogP contribution in [0.3, 0.4) is 0 Å². The van der Waals surface area contributed by atoms with E-state index in [9.17, 15) is 4.79 Å². The Morgan fingerprint density at radius 1 is 1.19 bits per heavy atom. The number of aromatic nitrogens is 3. The third-order valence-electron chi connectivity index (χ3n) is 4.02. The van der Waals surface area contributed by atoms with E-state index in [2.05, 4.69) is 10.1 Å². The third-order valence-corrected chi connectivity index (χ3v) is 4.30. The average molecular weight is 386 g/mol. The van der Waals surface area contributed by atoms with Crippen molar-refractivity contribution in [2.45, 2.75) is 13.0 Å². The average Bonchev–Trinajstić information content (AvgIpc) is 3.12. The summed E-state index contributed by atoms with van der Waals surface area (Å²) in [6, 6.07) is 10.4. The molecule has 0 amide bonds. The monoisotopic (exact) mass is 385 g/mol. The van der Waals surface area contributed by atoms with Crippen LogP contribution in [0.25, 0.3) is 5.69 Å². The largest absolute Gasteiger partial charge is 0.489 e. The van der Waals surface area contributed by atoms with Crippen molar-refractivity contribution in [2.24, 2.45) is 0 Å². The molecule has 0 saturated heterocycles. The van der Waals surface area contributed by atoms with Gasteiger partial charge in [0, 0.05) is 6.42 Å². The van der Waals surface area contributed by atoms with Gasteiger partial charge in [0.1, 0.15) is 19.3 Å². The smallest absolute Gasteiger partial charge is 0.338 e. The number of nitrogens with zero attached hydrogens (tertiary/aromatic N) is 3. The Labute approximate surface area is 160 Å². The summed E-state index contributed by atoms with van der Waals surface area (Å²) in [5.41, 5.74) is 1.98. The van der Waals surface area contributed by atoms with Crippen LogP contribution in [-0.4, -0.2) is 33.9 Å². The van der Waals surface area contributed by atoms with Crippen LogP contribution >= 0.6 is 11.6 Å². The summed E-state index contributed by atoms with van der Waals surface area (Å²) in [5.74, 6) is 0.680. The Balaban J connectivity index is 1.43. The molecular formula is C19H16ClN3O4. The lowest BCUT2D eigenvalue weighted by Gasteiger charge is -2.12. The molecular weight excluding hydrogens is 370 g/mol. The maximum absolute atomic E-state index is 12.3. The van der Waals surface area contributed by atoms with Crippen molar-refractivity contribution in [2.75, 3.05) is 13.2 Å². The first-order valence-corrected chi connectivity index (χ1v) is 8.79. The number of fused-ring (bicyclic) bond motifs is 1. The number of ether oxygens (including phenoxy) is 3. The van der Waals surface area contributed by atoms with Gasteiger partial charge >= 0.3 is 5.97 Å². The summed E-state index contributed by atoms with van der Waals surface area (Å²) in [6.45, 7) is 1.20. The Kier molecular flexibility index (Phi) is 4.93. The van der Waals surface area contributed by atoms with E-state index in [0.29, 0.717) is 35.3 Å². The number of esters is 1. The molecule has 0 radical (unpaired) electrons. The minimum atomic E-state index is -0.427. The zero-order valence-corrected chi connectivity index (χ0v) is 15.1. The number of benzene rings is 2. The van der Waals surface area contributed by atoms with E-state index >= 15 is 0 Å². The number of halogens is 1. The fourth-order valence-corrected chi connectivity index (χ4v) is 2.98. The lowest BCUT2D eigenvalue weighted by atomic mass is 10.2. The highest BCUT2D eigenvalue weighted by Crippen LogP contribution is 2.38. The molecule has 0 fully saturated rings. The van der Waals surface area contributed by atoms with Gasteiger partial charge in [0.2, 0.25) is 0 Å². The fraction of sp³-hybridized carbons (Fsp3) is 0.211. The highest BCUT2D eigenvalue weighted by atomic mass is 35.5. The predicted octanol–water partition coefficient (Wildman–Crippen LogP) is 3.44. The first-order valence-electron chi connectivity index (χ1n) is 8.41. The molecule has 0 saturated carbocycles. The number of hydrogen-bond acceptors (Lipinski definition) is 6. The zero-order chi connectivity index (χ0) is 18.6. The third kappa shape index (κ3) is 3.88.